The molecule has 0 bridgehead atoms. The number of nitrogens with zero attached hydrogens (tertiary/aromatic N) is 3. The minimum Gasteiger partial charge on any atom is -0.507 e. The molecule has 2 aliphatic rings. The molecule has 1 saturated heterocycles. The number of aromatic nitrogens is 2. The van der Waals surface area contributed by atoms with E-state index in [9.17, 15) is 14.7 Å². The van der Waals surface area contributed by atoms with Crippen LogP contribution in [0.1, 0.15) is 22.7 Å². The van der Waals surface area contributed by atoms with Crippen molar-refractivity contribution in [2.24, 2.45) is 0 Å². The van der Waals surface area contributed by atoms with Crippen molar-refractivity contribution in [1.82, 2.24) is 10.2 Å². The number of carbonyl (C=O) groups is 2. The standard InChI is InChI=1S/C28H20FN3O5S2/c29-19-9-5-4-8-18(19)23-22(24(33)17-10-11-20-21(14-17)37-13-12-36-20)25(34)26(35)32(23)27-30-31-28(39-27)38-15-16-6-2-1-3-7-16/h1-11,14,23,33H,12-13,15H2/b24-22+/t23-/m1/s1. The number of Topliss-reactive ketones (excluding diaryl/α,β-unsaturated/α-hetero) is 1. The third-order valence-corrected chi connectivity index (χ3v) is 8.39. The van der Waals surface area contributed by atoms with Crippen molar-refractivity contribution in [2.75, 3.05) is 18.1 Å². The first-order valence-corrected chi connectivity index (χ1v) is 13.8. The molecule has 11 heteroatoms. The van der Waals surface area contributed by atoms with Crippen LogP contribution in [0, 0.1) is 5.82 Å². The number of aliphatic hydroxyl groups excluding tert-OH is 1. The molecule has 1 amide bonds. The number of rotatable bonds is 6. The third kappa shape index (κ3) is 4.75. The number of hydrogen-bond donors (Lipinski definition) is 1. The number of ether oxygens (including phenoxy) is 2. The van der Waals surface area contributed by atoms with E-state index in [0.717, 1.165) is 21.8 Å². The Balaban J connectivity index is 1.41. The molecule has 3 heterocycles. The summed E-state index contributed by atoms with van der Waals surface area (Å²) in [5, 5.41) is 19.8. The molecular weight excluding hydrogens is 541 g/mol. The highest BCUT2D eigenvalue weighted by Crippen LogP contribution is 2.45. The fourth-order valence-corrected chi connectivity index (χ4v) is 6.27. The lowest BCUT2D eigenvalue weighted by Gasteiger charge is -2.23. The summed E-state index contributed by atoms with van der Waals surface area (Å²) in [5.41, 5.74) is 1.11. The summed E-state index contributed by atoms with van der Waals surface area (Å²) in [5.74, 6) is -1.45. The molecule has 0 aliphatic carbocycles. The normalized spacial score (nSPS) is 18.0. The van der Waals surface area contributed by atoms with Crippen molar-refractivity contribution in [1.29, 1.82) is 0 Å². The summed E-state index contributed by atoms with van der Waals surface area (Å²) in [6.45, 7) is 0.725. The second kappa shape index (κ2) is 10.5. The Morgan fingerprint density at radius 2 is 1.74 bits per heavy atom. The molecular formula is C28H20FN3O5S2. The van der Waals surface area contributed by atoms with Gasteiger partial charge >= 0.3 is 5.91 Å². The van der Waals surface area contributed by atoms with Gasteiger partial charge in [-0.1, -0.05) is 71.6 Å². The third-order valence-electron chi connectivity index (χ3n) is 6.27. The summed E-state index contributed by atoms with van der Waals surface area (Å²) < 4.78 is 26.9. The Morgan fingerprint density at radius 3 is 2.54 bits per heavy atom. The van der Waals surface area contributed by atoms with E-state index in [1.807, 2.05) is 30.3 Å². The number of hydrogen-bond acceptors (Lipinski definition) is 9. The van der Waals surface area contributed by atoms with Gasteiger partial charge in [0.1, 0.15) is 30.8 Å². The van der Waals surface area contributed by atoms with Crippen molar-refractivity contribution in [3.05, 3.63) is 101 Å². The molecule has 1 atom stereocenters. The van der Waals surface area contributed by atoms with E-state index in [1.165, 1.54) is 36.0 Å². The van der Waals surface area contributed by atoms with Gasteiger partial charge in [-0.25, -0.2) is 4.39 Å². The van der Waals surface area contributed by atoms with E-state index in [4.69, 9.17) is 9.47 Å². The van der Waals surface area contributed by atoms with Crippen molar-refractivity contribution in [3.63, 3.8) is 0 Å². The van der Waals surface area contributed by atoms with Crippen molar-refractivity contribution in [2.45, 2.75) is 16.1 Å². The van der Waals surface area contributed by atoms with Crippen LogP contribution in [0.5, 0.6) is 11.5 Å². The number of aliphatic hydroxyl groups is 1. The zero-order valence-electron chi connectivity index (χ0n) is 20.2. The molecule has 3 aromatic carbocycles. The monoisotopic (exact) mass is 561 g/mol. The topological polar surface area (TPSA) is 102 Å². The minimum absolute atomic E-state index is 0.0458. The van der Waals surface area contributed by atoms with E-state index in [1.54, 1.807) is 18.2 Å². The smallest absolute Gasteiger partial charge is 0.301 e. The molecule has 0 saturated carbocycles. The highest BCUT2D eigenvalue weighted by Gasteiger charge is 2.49. The Bertz CT molecular complexity index is 1610. The van der Waals surface area contributed by atoms with Gasteiger partial charge in [-0.2, -0.15) is 0 Å². The summed E-state index contributed by atoms with van der Waals surface area (Å²) in [7, 11) is 0. The van der Waals surface area contributed by atoms with E-state index < -0.39 is 29.3 Å². The van der Waals surface area contributed by atoms with Crippen LogP contribution in [0.2, 0.25) is 0 Å². The zero-order valence-corrected chi connectivity index (χ0v) is 21.9. The van der Waals surface area contributed by atoms with Gasteiger partial charge in [0, 0.05) is 16.9 Å². The van der Waals surface area contributed by atoms with Gasteiger partial charge < -0.3 is 14.6 Å². The maximum Gasteiger partial charge on any atom is 0.301 e. The molecule has 196 valence electrons. The minimum atomic E-state index is -1.25. The Kier molecular flexibility index (Phi) is 6.76. The summed E-state index contributed by atoms with van der Waals surface area (Å²) in [6, 6.07) is 19.1. The first kappa shape index (κ1) is 25.1. The van der Waals surface area contributed by atoms with Gasteiger partial charge in [-0.15, -0.1) is 10.2 Å². The fourth-order valence-electron chi connectivity index (χ4n) is 4.44. The van der Waals surface area contributed by atoms with Crippen LogP contribution < -0.4 is 14.4 Å². The molecule has 8 nitrogen and oxygen atoms in total. The second-order valence-electron chi connectivity index (χ2n) is 8.67. The van der Waals surface area contributed by atoms with Gasteiger partial charge in [0.25, 0.3) is 5.78 Å². The fraction of sp³-hybridized carbons (Fsp3) is 0.143. The number of benzene rings is 3. The SMILES string of the molecule is O=C1C(=O)N(c2nnc(SCc3ccccc3)s2)[C@H](c2ccccc2F)/C1=C(\O)c1ccc2c(c1)OCCO2. The summed E-state index contributed by atoms with van der Waals surface area (Å²) in [4.78, 5) is 27.8. The highest BCUT2D eigenvalue weighted by molar-refractivity contribution is 8.00. The van der Waals surface area contributed by atoms with Crippen LogP contribution in [0.4, 0.5) is 9.52 Å². The molecule has 2 aliphatic heterocycles. The molecule has 0 radical (unpaired) electrons. The first-order chi connectivity index (χ1) is 19.0. The number of anilines is 1. The van der Waals surface area contributed by atoms with Crippen molar-refractivity contribution in [3.8, 4) is 11.5 Å². The van der Waals surface area contributed by atoms with Gasteiger partial charge in [0.2, 0.25) is 5.13 Å². The Morgan fingerprint density at radius 1 is 1.00 bits per heavy atom. The molecule has 6 rings (SSSR count). The molecule has 0 spiro atoms. The van der Waals surface area contributed by atoms with Crippen LogP contribution in [-0.2, 0) is 15.3 Å². The lowest BCUT2D eigenvalue weighted by atomic mass is 9.95. The number of thioether (sulfide) groups is 1. The number of amides is 1. The largest absolute Gasteiger partial charge is 0.507 e. The maximum absolute atomic E-state index is 15.1. The predicted octanol–water partition coefficient (Wildman–Crippen LogP) is 5.37. The average Bonchev–Trinajstić information content (AvgIpc) is 3.54. The van der Waals surface area contributed by atoms with E-state index >= 15 is 4.39 Å². The lowest BCUT2D eigenvalue weighted by Crippen LogP contribution is -2.29. The maximum atomic E-state index is 15.1. The number of halogens is 1. The molecule has 1 N–H and O–H groups in total. The van der Waals surface area contributed by atoms with E-state index in [-0.39, 0.29) is 21.8 Å². The second-order valence-corrected chi connectivity index (χ2v) is 10.9. The summed E-state index contributed by atoms with van der Waals surface area (Å²) in [6.07, 6.45) is 0. The number of carbonyl (C=O) groups excluding carboxylic acids is 2. The van der Waals surface area contributed by atoms with Crippen LogP contribution in [-0.4, -0.2) is 40.2 Å². The van der Waals surface area contributed by atoms with Crippen LogP contribution in [0.25, 0.3) is 5.76 Å². The van der Waals surface area contributed by atoms with Gasteiger partial charge in [0.05, 0.1) is 5.57 Å². The van der Waals surface area contributed by atoms with E-state index in [0.29, 0.717) is 34.8 Å². The van der Waals surface area contributed by atoms with Gasteiger partial charge in [0.15, 0.2) is 15.8 Å². The highest BCUT2D eigenvalue weighted by atomic mass is 32.2. The van der Waals surface area contributed by atoms with E-state index in [2.05, 4.69) is 10.2 Å². The quantitative estimate of drug-likeness (QED) is 0.110. The molecule has 4 aromatic rings. The average molecular weight is 562 g/mol. The number of ketones is 1. The summed E-state index contributed by atoms with van der Waals surface area (Å²) >= 11 is 2.55. The van der Waals surface area contributed by atoms with Crippen LogP contribution >= 0.6 is 23.1 Å². The molecule has 0 unspecified atom stereocenters. The zero-order chi connectivity index (χ0) is 26.9. The van der Waals surface area contributed by atoms with Crippen LogP contribution in [0.3, 0.4) is 0 Å². The molecule has 39 heavy (non-hydrogen) atoms. The predicted molar refractivity (Wildman–Crippen MR) is 145 cm³/mol. The van der Waals surface area contributed by atoms with Crippen molar-refractivity contribution >= 4 is 45.7 Å². The molecule has 1 aromatic heterocycles. The number of fused-ring (bicyclic) bond motifs is 1. The molecule has 1 fully saturated rings. The van der Waals surface area contributed by atoms with Gasteiger partial charge in [-0.3, -0.25) is 14.5 Å². The first-order valence-electron chi connectivity index (χ1n) is 12.0. The van der Waals surface area contributed by atoms with Crippen molar-refractivity contribution < 1.29 is 28.6 Å². The Labute approximate surface area is 230 Å². The van der Waals surface area contributed by atoms with Crippen LogP contribution in [0.15, 0.2) is 82.7 Å². The lowest BCUT2D eigenvalue weighted by molar-refractivity contribution is -0.132. The van der Waals surface area contributed by atoms with Gasteiger partial charge in [-0.05, 0) is 29.8 Å². The Hall–Kier alpha value is -4.22.